The average Bonchev–Trinajstić information content (AvgIpc) is 2.41. The van der Waals surface area contributed by atoms with Gasteiger partial charge in [0.1, 0.15) is 0 Å². The van der Waals surface area contributed by atoms with Crippen molar-refractivity contribution >= 4 is 24.3 Å². The second-order valence-corrected chi connectivity index (χ2v) is 4.02. The molecule has 6 nitrogen and oxygen atoms in total. The molecular formula is C13H21ClN4O2. The zero-order valence-electron chi connectivity index (χ0n) is 11.4. The van der Waals surface area contributed by atoms with Gasteiger partial charge in [0, 0.05) is 25.2 Å². The van der Waals surface area contributed by atoms with E-state index in [0.717, 1.165) is 18.7 Å². The Morgan fingerprint density at radius 3 is 2.30 bits per heavy atom. The molecule has 1 rings (SSSR count). The van der Waals surface area contributed by atoms with Crippen molar-refractivity contribution in [3.8, 4) is 0 Å². The molecule has 112 valence electrons. The molecule has 0 fully saturated rings. The van der Waals surface area contributed by atoms with Gasteiger partial charge in [-0.15, -0.1) is 12.4 Å². The molecule has 7 heteroatoms. The summed E-state index contributed by atoms with van der Waals surface area (Å²) >= 11 is 0. The molecule has 0 bridgehead atoms. The van der Waals surface area contributed by atoms with Crippen LogP contribution in [0.25, 0.3) is 0 Å². The molecule has 1 aromatic rings. The summed E-state index contributed by atoms with van der Waals surface area (Å²) in [6.07, 6.45) is 0. The van der Waals surface area contributed by atoms with Crippen molar-refractivity contribution in [1.82, 2.24) is 16.0 Å². The molecule has 0 atom stereocenters. The standard InChI is InChI=1S/C13H20N4O2.ClH/c1-2-15-7-8-16-12(18)11-5-3-10(4-6-11)9-17-13(14)19;/h3-6,15H,2,7-9H2,1H3,(H,16,18)(H3,14,17,19);1H. The summed E-state index contributed by atoms with van der Waals surface area (Å²) in [5.41, 5.74) is 6.47. The van der Waals surface area contributed by atoms with Crippen molar-refractivity contribution in [2.24, 2.45) is 5.73 Å². The lowest BCUT2D eigenvalue weighted by atomic mass is 10.1. The molecule has 1 aromatic carbocycles. The molecule has 0 unspecified atom stereocenters. The molecular weight excluding hydrogens is 280 g/mol. The van der Waals surface area contributed by atoms with Gasteiger partial charge in [0.15, 0.2) is 0 Å². The lowest BCUT2D eigenvalue weighted by molar-refractivity contribution is 0.0954. The molecule has 0 saturated heterocycles. The van der Waals surface area contributed by atoms with E-state index in [9.17, 15) is 9.59 Å². The monoisotopic (exact) mass is 300 g/mol. The van der Waals surface area contributed by atoms with E-state index in [1.165, 1.54) is 0 Å². The van der Waals surface area contributed by atoms with Crippen LogP contribution in [-0.4, -0.2) is 31.6 Å². The second kappa shape index (κ2) is 10.1. The Balaban J connectivity index is 0.00000361. The highest BCUT2D eigenvalue weighted by Crippen LogP contribution is 2.04. The van der Waals surface area contributed by atoms with Gasteiger partial charge in [-0.3, -0.25) is 4.79 Å². The van der Waals surface area contributed by atoms with Crippen LogP contribution >= 0.6 is 12.4 Å². The van der Waals surface area contributed by atoms with Crippen molar-refractivity contribution in [2.75, 3.05) is 19.6 Å². The lowest BCUT2D eigenvalue weighted by Gasteiger charge is -2.07. The van der Waals surface area contributed by atoms with Crippen LogP contribution in [-0.2, 0) is 6.54 Å². The fraction of sp³-hybridized carbons (Fsp3) is 0.385. The Hall–Kier alpha value is -1.79. The highest BCUT2D eigenvalue weighted by molar-refractivity contribution is 5.94. The molecule has 3 amide bonds. The molecule has 0 aromatic heterocycles. The number of amides is 3. The minimum absolute atomic E-state index is 0. The van der Waals surface area contributed by atoms with E-state index in [4.69, 9.17) is 5.73 Å². The molecule has 0 radical (unpaired) electrons. The molecule has 0 spiro atoms. The Morgan fingerprint density at radius 2 is 1.75 bits per heavy atom. The Bertz CT molecular complexity index is 423. The minimum Gasteiger partial charge on any atom is -0.352 e. The van der Waals surface area contributed by atoms with Gasteiger partial charge in [-0.1, -0.05) is 19.1 Å². The summed E-state index contributed by atoms with van der Waals surface area (Å²) in [6.45, 7) is 4.61. The Morgan fingerprint density at radius 1 is 1.10 bits per heavy atom. The van der Waals surface area contributed by atoms with Crippen molar-refractivity contribution < 1.29 is 9.59 Å². The van der Waals surface area contributed by atoms with Gasteiger partial charge >= 0.3 is 6.03 Å². The van der Waals surface area contributed by atoms with Crippen LogP contribution in [0.3, 0.4) is 0 Å². The number of carbonyl (C=O) groups excluding carboxylic acids is 2. The number of rotatable bonds is 7. The average molecular weight is 301 g/mol. The van der Waals surface area contributed by atoms with E-state index in [-0.39, 0.29) is 18.3 Å². The maximum absolute atomic E-state index is 11.8. The van der Waals surface area contributed by atoms with E-state index in [1.807, 2.05) is 6.92 Å². The molecule has 5 N–H and O–H groups in total. The number of likely N-dealkylation sites (N-methyl/N-ethyl adjacent to an activating group) is 1. The first-order chi connectivity index (χ1) is 9.13. The van der Waals surface area contributed by atoms with Crippen LogP contribution in [0.15, 0.2) is 24.3 Å². The highest BCUT2D eigenvalue weighted by Gasteiger charge is 2.04. The van der Waals surface area contributed by atoms with E-state index in [2.05, 4.69) is 16.0 Å². The highest BCUT2D eigenvalue weighted by atomic mass is 35.5. The van der Waals surface area contributed by atoms with Gasteiger partial charge in [0.2, 0.25) is 0 Å². The lowest BCUT2D eigenvalue weighted by Crippen LogP contribution is -2.31. The van der Waals surface area contributed by atoms with Gasteiger partial charge < -0.3 is 21.7 Å². The fourth-order valence-corrected chi connectivity index (χ4v) is 1.51. The van der Waals surface area contributed by atoms with E-state index in [0.29, 0.717) is 18.7 Å². The number of urea groups is 1. The van der Waals surface area contributed by atoms with Gasteiger partial charge in [-0.2, -0.15) is 0 Å². The third-order valence-corrected chi connectivity index (χ3v) is 2.52. The number of carbonyl (C=O) groups is 2. The van der Waals surface area contributed by atoms with Gasteiger partial charge in [-0.25, -0.2) is 4.79 Å². The summed E-state index contributed by atoms with van der Waals surface area (Å²) in [4.78, 5) is 22.3. The molecule has 0 saturated carbocycles. The van der Waals surface area contributed by atoms with E-state index < -0.39 is 6.03 Å². The van der Waals surface area contributed by atoms with Crippen molar-refractivity contribution in [3.63, 3.8) is 0 Å². The zero-order chi connectivity index (χ0) is 14.1. The first kappa shape index (κ1) is 18.2. The SMILES string of the molecule is CCNCCNC(=O)c1ccc(CNC(N)=O)cc1.Cl. The third kappa shape index (κ3) is 6.96. The first-order valence-corrected chi connectivity index (χ1v) is 6.24. The number of benzene rings is 1. The van der Waals surface area contributed by atoms with Crippen LogP contribution in [0.5, 0.6) is 0 Å². The normalized spacial score (nSPS) is 9.45. The van der Waals surface area contributed by atoms with Crippen LogP contribution in [0, 0.1) is 0 Å². The van der Waals surface area contributed by atoms with E-state index in [1.54, 1.807) is 24.3 Å². The number of hydrogen-bond acceptors (Lipinski definition) is 3. The zero-order valence-corrected chi connectivity index (χ0v) is 12.3. The summed E-state index contributed by atoms with van der Waals surface area (Å²) in [5.74, 6) is -0.104. The maximum atomic E-state index is 11.8. The summed E-state index contributed by atoms with van der Waals surface area (Å²) in [6, 6.07) is 6.45. The number of halogens is 1. The fourth-order valence-electron chi connectivity index (χ4n) is 1.51. The van der Waals surface area contributed by atoms with Gasteiger partial charge in [0.05, 0.1) is 0 Å². The van der Waals surface area contributed by atoms with Crippen LogP contribution in [0.2, 0.25) is 0 Å². The molecule has 0 aliphatic rings. The summed E-state index contributed by atoms with van der Waals surface area (Å²) in [7, 11) is 0. The van der Waals surface area contributed by atoms with Crippen molar-refractivity contribution in [1.29, 1.82) is 0 Å². The second-order valence-electron chi connectivity index (χ2n) is 4.02. The number of primary amides is 1. The molecule has 20 heavy (non-hydrogen) atoms. The summed E-state index contributed by atoms with van der Waals surface area (Å²) in [5, 5.41) is 8.43. The quantitative estimate of drug-likeness (QED) is 0.556. The Kier molecular flexibility index (Phi) is 9.15. The largest absolute Gasteiger partial charge is 0.352 e. The number of nitrogens with two attached hydrogens (primary N) is 1. The molecule has 0 heterocycles. The number of nitrogens with one attached hydrogen (secondary N) is 3. The Labute approximate surface area is 124 Å². The summed E-state index contributed by atoms with van der Waals surface area (Å²) < 4.78 is 0. The predicted octanol–water partition coefficient (Wildman–Crippen LogP) is 0.616. The maximum Gasteiger partial charge on any atom is 0.312 e. The molecule has 0 aliphatic carbocycles. The molecule has 0 aliphatic heterocycles. The van der Waals surface area contributed by atoms with Crippen LogP contribution in [0.1, 0.15) is 22.8 Å². The smallest absolute Gasteiger partial charge is 0.312 e. The van der Waals surface area contributed by atoms with Crippen molar-refractivity contribution in [3.05, 3.63) is 35.4 Å². The topological polar surface area (TPSA) is 96.2 Å². The van der Waals surface area contributed by atoms with Crippen LogP contribution < -0.4 is 21.7 Å². The van der Waals surface area contributed by atoms with E-state index >= 15 is 0 Å². The first-order valence-electron chi connectivity index (χ1n) is 6.24. The minimum atomic E-state index is -0.565. The van der Waals surface area contributed by atoms with Crippen molar-refractivity contribution in [2.45, 2.75) is 13.5 Å². The number of hydrogen-bond donors (Lipinski definition) is 4. The van der Waals surface area contributed by atoms with Gasteiger partial charge in [-0.05, 0) is 24.2 Å². The van der Waals surface area contributed by atoms with Gasteiger partial charge in [0.25, 0.3) is 5.91 Å². The van der Waals surface area contributed by atoms with Crippen LogP contribution in [0.4, 0.5) is 4.79 Å². The predicted molar refractivity (Wildman–Crippen MR) is 81.0 cm³/mol. The third-order valence-electron chi connectivity index (χ3n) is 2.52.